The third-order valence-corrected chi connectivity index (χ3v) is 4.60. The summed E-state index contributed by atoms with van der Waals surface area (Å²) in [6.45, 7) is 1.98. The normalized spacial score (nSPS) is 17.6. The third kappa shape index (κ3) is 2.70. The molecular weight excluding hydrogens is 268 g/mol. The number of rotatable bonds is 4. The highest BCUT2D eigenvalue weighted by atomic mass is 32.2. The second-order valence-corrected chi connectivity index (χ2v) is 7.20. The van der Waals surface area contributed by atoms with E-state index in [9.17, 15) is 18.5 Å². The third-order valence-electron chi connectivity index (χ3n) is 3.47. The van der Waals surface area contributed by atoms with Crippen molar-refractivity contribution in [2.45, 2.75) is 36.6 Å². The van der Waals surface area contributed by atoms with Gasteiger partial charge in [-0.2, -0.15) is 0 Å². The van der Waals surface area contributed by atoms with Gasteiger partial charge in [0.05, 0.1) is 4.92 Å². The Bertz CT molecular complexity index is 621. The van der Waals surface area contributed by atoms with Crippen molar-refractivity contribution in [2.75, 3.05) is 11.6 Å². The molecule has 0 heterocycles. The molecule has 6 nitrogen and oxygen atoms in total. The molecule has 1 saturated carbocycles. The standard InChI is InChI=1S/C12H16N2O4S/c1-12(7-4-8-12)13-9-5-3-6-10(19(2,17)18)11(9)14(15)16/h3,5-6,13H,4,7-8H2,1-2H3. The summed E-state index contributed by atoms with van der Waals surface area (Å²) in [6.07, 6.45) is 3.90. The van der Waals surface area contributed by atoms with Crippen molar-refractivity contribution in [1.82, 2.24) is 0 Å². The molecule has 104 valence electrons. The highest BCUT2D eigenvalue weighted by molar-refractivity contribution is 7.90. The number of nitrogens with one attached hydrogen (secondary N) is 1. The van der Waals surface area contributed by atoms with Crippen LogP contribution in [0.25, 0.3) is 0 Å². The first-order chi connectivity index (χ1) is 8.73. The second-order valence-electron chi connectivity index (χ2n) is 5.22. The molecule has 0 radical (unpaired) electrons. The monoisotopic (exact) mass is 284 g/mol. The van der Waals surface area contributed by atoms with E-state index in [1.807, 2.05) is 6.92 Å². The summed E-state index contributed by atoms with van der Waals surface area (Å²) < 4.78 is 23.3. The van der Waals surface area contributed by atoms with Gasteiger partial charge in [-0.1, -0.05) is 6.07 Å². The van der Waals surface area contributed by atoms with Crippen LogP contribution in [0, 0.1) is 10.1 Å². The molecule has 0 spiro atoms. The van der Waals surface area contributed by atoms with Gasteiger partial charge in [0.2, 0.25) is 0 Å². The number of benzene rings is 1. The van der Waals surface area contributed by atoms with Gasteiger partial charge in [-0.25, -0.2) is 8.42 Å². The van der Waals surface area contributed by atoms with Crippen molar-refractivity contribution in [3.8, 4) is 0 Å². The van der Waals surface area contributed by atoms with Crippen molar-refractivity contribution >= 4 is 21.2 Å². The minimum absolute atomic E-state index is 0.180. The van der Waals surface area contributed by atoms with E-state index in [0.29, 0.717) is 0 Å². The predicted molar refractivity (Wildman–Crippen MR) is 72.1 cm³/mol. The number of nitro benzene ring substituents is 1. The lowest BCUT2D eigenvalue weighted by Gasteiger charge is -2.39. The Morgan fingerprint density at radius 1 is 1.37 bits per heavy atom. The molecule has 0 bridgehead atoms. The number of sulfone groups is 1. The fourth-order valence-corrected chi connectivity index (χ4v) is 3.13. The van der Waals surface area contributed by atoms with Crippen LogP contribution in [0.3, 0.4) is 0 Å². The molecule has 0 unspecified atom stereocenters. The topological polar surface area (TPSA) is 89.3 Å². The van der Waals surface area contributed by atoms with E-state index in [-0.39, 0.29) is 21.8 Å². The molecule has 0 aromatic heterocycles. The number of hydrogen-bond donors (Lipinski definition) is 1. The van der Waals surface area contributed by atoms with E-state index < -0.39 is 14.8 Å². The van der Waals surface area contributed by atoms with Crippen LogP contribution in [0.5, 0.6) is 0 Å². The predicted octanol–water partition coefficient (Wildman–Crippen LogP) is 2.35. The Kier molecular flexibility index (Phi) is 3.25. The lowest BCUT2D eigenvalue weighted by Crippen LogP contribution is -2.41. The first-order valence-corrected chi connectivity index (χ1v) is 7.88. The molecule has 19 heavy (non-hydrogen) atoms. The van der Waals surface area contributed by atoms with Crippen LogP contribution in [-0.4, -0.2) is 25.1 Å². The summed E-state index contributed by atoms with van der Waals surface area (Å²) in [7, 11) is -3.63. The summed E-state index contributed by atoms with van der Waals surface area (Å²) in [5.41, 5.74) is -0.269. The van der Waals surface area contributed by atoms with Gasteiger partial charge < -0.3 is 5.32 Å². The van der Waals surface area contributed by atoms with Crippen LogP contribution in [-0.2, 0) is 9.84 Å². The summed E-state index contributed by atoms with van der Waals surface area (Å²) >= 11 is 0. The lowest BCUT2D eigenvalue weighted by atomic mass is 9.78. The Balaban J connectivity index is 2.52. The van der Waals surface area contributed by atoms with Crippen LogP contribution in [0.4, 0.5) is 11.4 Å². The van der Waals surface area contributed by atoms with Gasteiger partial charge in [-0.3, -0.25) is 10.1 Å². The number of nitrogens with zero attached hydrogens (tertiary/aromatic N) is 1. The van der Waals surface area contributed by atoms with E-state index in [2.05, 4.69) is 5.32 Å². The van der Waals surface area contributed by atoms with Crippen LogP contribution in [0.15, 0.2) is 23.1 Å². The molecule has 1 aromatic carbocycles. The number of anilines is 1. The van der Waals surface area contributed by atoms with Gasteiger partial charge >= 0.3 is 5.69 Å². The van der Waals surface area contributed by atoms with Crippen molar-refractivity contribution < 1.29 is 13.3 Å². The first kappa shape index (κ1) is 13.8. The van der Waals surface area contributed by atoms with Gasteiger partial charge in [-0.15, -0.1) is 0 Å². The van der Waals surface area contributed by atoms with E-state index in [1.165, 1.54) is 12.1 Å². The molecule has 1 aliphatic rings. The Labute approximate surface area is 111 Å². The SMILES string of the molecule is CC1(Nc2cccc(S(C)(=O)=O)c2[N+](=O)[O-])CCC1. The summed E-state index contributed by atoms with van der Waals surface area (Å²) in [6, 6.07) is 4.34. The molecule has 0 atom stereocenters. The first-order valence-electron chi connectivity index (χ1n) is 5.99. The van der Waals surface area contributed by atoms with Gasteiger partial charge in [0.15, 0.2) is 9.84 Å². The van der Waals surface area contributed by atoms with Gasteiger partial charge in [-0.05, 0) is 38.3 Å². The number of nitro groups is 1. The largest absolute Gasteiger partial charge is 0.374 e. The Hall–Kier alpha value is -1.63. The van der Waals surface area contributed by atoms with E-state index >= 15 is 0 Å². The number of hydrogen-bond acceptors (Lipinski definition) is 5. The Morgan fingerprint density at radius 3 is 2.42 bits per heavy atom. The maximum atomic E-state index is 11.6. The van der Waals surface area contributed by atoms with Crippen molar-refractivity contribution in [1.29, 1.82) is 0 Å². The minimum Gasteiger partial charge on any atom is -0.374 e. The maximum Gasteiger partial charge on any atom is 0.310 e. The molecule has 0 aliphatic heterocycles. The fourth-order valence-electron chi connectivity index (χ4n) is 2.27. The van der Waals surface area contributed by atoms with Gasteiger partial charge in [0.1, 0.15) is 10.6 Å². The zero-order chi connectivity index (χ0) is 14.3. The molecular formula is C12H16N2O4S. The van der Waals surface area contributed by atoms with Crippen LogP contribution < -0.4 is 5.32 Å². The average molecular weight is 284 g/mol. The zero-order valence-corrected chi connectivity index (χ0v) is 11.7. The van der Waals surface area contributed by atoms with E-state index in [0.717, 1.165) is 25.5 Å². The lowest BCUT2D eigenvalue weighted by molar-refractivity contribution is -0.386. The summed E-state index contributed by atoms with van der Waals surface area (Å²) in [5, 5.41) is 14.3. The maximum absolute atomic E-state index is 11.6. The molecule has 2 rings (SSSR count). The van der Waals surface area contributed by atoms with E-state index in [1.54, 1.807) is 6.07 Å². The van der Waals surface area contributed by atoms with Crippen LogP contribution in [0.2, 0.25) is 0 Å². The highest BCUT2D eigenvalue weighted by Crippen LogP contribution is 2.39. The molecule has 1 aromatic rings. The van der Waals surface area contributed by atoms with Gasteiger partial charge in [0.25, 0.3) is 0 Å². The molecule has 7 heteroatoms. The summed E-state index contributed by atoms with van der Waals surface area (Å²) in [5.74, 6) is 0. The molecule has 0 amide bonds. The van der Waals surface area contributed by atoms with Crippen LogP contribution in [0.1, 0.15) is 26.2 Å². The van der Waals surface area contributed by atoms with Crippen molar-refractivity contribution in [3.63, 3.8) is 0 Å². The smallest absolute Gasteiger partial charge is 0.310 e. The van der Waals surface area contributed by atoms with E-state index in [4.69, 9.17) is 0 Å². The quantitative estimate of drug-likeness (QED) is 0.677. The summed E-state index contributed by atoms with van der Waals surface area (Å²) in [4.78, 5) is 10.3. The zero-order valence-electron chi connectivity index (χ0n) is 10.8. The Morgan fingerprint density at radius 2 is 2.00 bits per heavy atom. The van der Waals surface area contributed by atoms with Crippen molar-refractivity contribution in [3.05, 3.63) is 28.3 Å². The van der Waals surface area contributed by atoms with Crippen LogP contribution >= 0.6 is 0 Å². The molecule has 1 aliphatic carbocycles. The molecule has 0 saturated heterocycles. The fraction of sp³-hybridized carbons (Fsp3) is 0.500. The highest BCUT2D eigenvalue weighted by Gasteiger charge is 2.35. The second kappa shape index (κ2) is 4.48. The number of para-hydroxylation sites is 1. The molecule has 1 N–H and O–H groups in total. The molecule has 1 fully saturated rings. The van der Waals surface area contributed by atoms with Crippen molar-refractivity contribution in [2.24, 2.45) is 0 Å². The average Bonchev–Trinajstić information content (AvgIpc) is 2.25. The minimum atomic E-state index is -3.63. The van der Waals surface area contributed by atoms with Gasteiger partial charge in [0, 0.05) is 11.8 Å².